The fourth-order valence-electron chi connectivity index (χ4n) is 3.99. The molecule has 0 saturated carbocycles. The lowest BCUT2D eigenvalue weighted by atomic mass is 9.96. The molecule has 3 aliphatic rings. The van der Waals surface area contributed by atoms with Crippen molar-refractivity contribution in [3.63, 3.8) is 0 Å². The highest BCUT2D eigenvalue weighted by Crippen LogP contribution is 2.37. The summed E-state index contributed by atoms with van der Waals surface area (Å²) in [6.07, 6.45) is 4.71. The van der Waals surface area contributed by atoms with E-state index in [0.717, 1.165) is 44.8 Å². The Kier molecular flexibility index (Phi) is 3.68. The van der Waals surface area contributed by atoms with Crippen molar-refractivity contribution < 1.29 is 14.2 Å². The van der Waals surface area contributed by atoms with Crippen molar-refractivity contribution in [2.24, 2.45) is 0 Å². The molecule has 4 nitrogen and oxygen atoms in total. The Morgan fingerprint density at radius 2 is 2.27 bits per heavy atom. The molecule has 2 fully saturated rings. The molecule has 0 bridgehead atoms. The maximum absolute atomic E-state index is 6.06. The Labute approximate surface area is 131 Å². The van der Waals surface area contributed by atoms with Gasteiger partial charge in [0, 0.05) is 38.9 Å². The van der Waals surface area contributed by atoms with E-state index in [2.05, 4.69) is 23.1 Å². The summed E-state index contributed by atoms with van der Waals surface area (Å²) in [6.45, 7) is 4.38. The van der Waals surface area contributed by atoms with Crippen LogP contribution in [-0.2, 0) is 9.47 Å². The quantitative estimate of drug-likeness (QED) is 0.857. The van der Waals surface area contributed by atoms with Gasteiger partial charge in [-0.2, -0.15) is 0 Å². The van der Waals surface area contributed by atoms with Crippen molar-refractivity contribution in [1.29, 1.82) is 0 Å². The highest BCUT2D eigenvalue weighted by molar-refractivity contribution is 5.62. The molecular weight excluding hydrogens is 278 g/mol. The van der Waals surface area contributed by atoms with E-state index in [0.29, 0.717) is 6.61 Å². The van der Waals surface area contributed by atoms with Gasteiger partial charge in [0.1, 0.15) is 18.0 Å². The molecule has 22 heavy (non-hydrogen) atoms. The molecule has 1 aromatic rings. The zero-order chi connectivity index (χ0) is 15.0. The van der Waals surface area contributed by atoms with Gasteiger partial charge in [-0.25, -0.2) is 0 Å². The Bertz CT molecular complexity index is 577. The van der Waals surface area contributed by atoms with Crippen molar-refractivity contribution in [3.05, 3.63) is 35.4 Å². The minimum Gasteiger partial charge on any atom is -0.489 e. The summed E-state index contributed by atoms with van der Waals surface area (Å²) in [6, 6.07) is 8.21. The Morgan fingerprint density at radius 1 is 1.36 bits per heavy atom. The molecule has 0 aromatic heterocycles. The van der Waals surface area contributed by atoms with Crippen LogP contribution in [0.5, 0.6) is 5.75 Å². The van der Waals surface area contributed by atoms with Gasteiger partial charge in [-0.05, 0) is 30.6 Å². The summed E-state index contributed by atoms with van der Waals surface area (Å²) in [5.74, 6) is 0.984. The van der Waals surface area contributed by atoms with E-state index in [9.17, 15) is 0 Å². The van der Waals surface area contributed by atoms with E-state index in [1.165, 1.54) is 11.1 Å². The van der Waals surface area contributed by atoms with Crippen LogP contribution in [0.4, 0.5) is 0 Å². The second-order valence-corrected chi connectivity index (χ2v) is 6.54. The number of nitrogens with zero attached hydrogens (tertiary/aromatic N) is 1. The first-order valence-electron chi connectivity index (χ1n) is 8.09. The van der Waals surface area contributed by atoms with Gasteiger partial charge in [-0.3, -0.25) is 4.90 Å². The maximum Gasteiger partial charge on any atom is 0.127 e. The highest BCUT2D eigenvalue weighted by atomic mass is 16.6. The molecule has 0 N–H and O–H groups in total. The third-order valence-corrected chi connectivity index (χ3v) is 5.04. The molecule has 4 rings (SSSR count). The number of rotatable bonds is 3. The number of methoxy groups -OCH3 is 1. The van der Waals surface area contributed by atoms with Gasteiger partial charge in [0.2, 0.25) is 0 Å². The highest BCUT2D eigenvalue weighted by Gasteiger charge is 2.50. The standard InChI is InChI=1S/C18H23NO3/c1-20-17-11-19(13-18(17)7-4-8-22-18)10-14-9-15-5-2-3-6-16(15)21-12-14/h2-3,5-6,9,17H,4,7-8,10-13H2,1H3/t17-,18-/m0/s1. The van der Waals surface area contributed by atoms with Gasteiger partial charge in [-0.1, -0.05) is 18.2 Å². The Hall–Kier alpha value is -1.36. The average molecular weight is 301 g/mol. The predicted octanol–water partition coefficient (Wildman–Crippen LogP) is 2.34. The number of fused-ring (bicyclic) bond motifs is 1. The van der Waals surface area contributed by atoms with Crippen LogP contribution in [0.3, 0.4) is 0 Å². The van der Waals surface area contributed by atoms with Gasteiger partial charge in [0.05, 0.1) is 6.10 Å². The first-order chi connectivity index (χ1) is 10.8. The molecule has 2 saturated heterocycles. The lowest BCUT2D eigenvalue weighted by Crippen LogP contribution is -2.42. The van der Waals surface area contributed by atoms with Crippen LogP contribution >= 0.6 is 0 Å². The summed E-state index contributed by atoms with van der Waals surface area (Å²) < 4.78 is 17.6. The molecular formula is C18H23NO3. The molecule has 0 radical (unpaired) electrons. The van der Waals surface area contributed by atoms with Crippen molar-refractivity contribution in [3.8, 4) is 5.75 Å². The average Bonchev–Trinajstić information content (AvgIpc) is 3.15. The monoisotopic (exact) mass is 301 g/mol. The van der Waals surface area contributed by atoms with Crippen molar-refractivity contribution in [1.82, 2.24) is 4.90 Å². The SMILES string of the molecule is CO[C@H]1CN(CC2=Cc3ccccc3OC2)C[C@@]12CCCO2. The van der Waals surface area contributed by atoms with Gasteiger partial charge >= 0.3 is 0 Å². The van der Waals surface area contributed by atoms with Gasteiger partial charge < -0.3 is 14.2 Å². The molecule has 0 unspecified atom stereocenters. The molecule has 118 valence electrons. The topological polar surface area (TPSA) is 30.9 Å². The van der Waals surface area contributed by atoms with Crippen LogP contribution in [0.1, 0.15) is 18.4 Å². The first-order valence-corrected chi connectivity index (χ1v) is 8.09. The number of ether oxygens (including phenoxy) is 3. The van der Waals surface area contributed by atoms with E-state index in [1.54, 1.807) is 7.11 Å². The van der Waals surface area contributed by atoms with Crippen molar-refractivity contribution >= 4 is 6.08 Å². The largest absolute Gasteiger partial charge is 0.489 e. The molecule has 3 aliphatic heterocycles. The molecule has 4 heteroatoms. The zero-order valence-corrected chi connectivity index (χ0v) is 13.1. The molecule has 1 aromatic carbocycles. The van der Waals surface area contributed by atoms with Gasteiger partial charge in [0.25, 0.3) is 0 Å². The summed E-state index contributed by atoms with van der Waals surface area (Å²) in [7, 11) is 1.80. The van der Waals surface area contributed by atoms with E-state index in [1.807, 2.05) is 12.1 Å². The summed E-state index contributed by atoms with van der Waals surface area (Å²) in [5.41, 5.74) is 2.42. The van der Waals surface area contributed by atoms with Gasteiger partial charge in [-0.15, -0.1) is 0 Å². The third-order valence-electron chi connectivity index (χ3n) is 5.04. The lowest BCUT2D eigenvalue weighted by Gasteiger charge is -2.28. The second kappa shape index (κ2) is 5.69. The zero-order valence-electron chi connectivity index (χ0n) is 13.1. The van der Waals surface area contributed by atoms with Crippen LogP contribution < -0.4 is 4.74 Å². The third kappa shape index (κ3) is 2.45. The number of likely N-dealkylation sites (tertiary alicyclic amines) is 1. The first kappa shape index (κ1) is 14.2. The van der Waals surface area contributed by atoms with E-state index < -0.39 is 0 Å². The number of hydrogen-bond acceptors (Lipinski definition) is 4. The minimum absolute atomic E-state index is 0.0806. The second-order valence-electron chi connectivity index (χ2n) is 6.54. The lowest BCUT2D eigenvalue weighted by molar-refractivity contribution is -0.0756. The number of benzene rings is 1. The summed E-state index contributed by atoms with van der Waals surface area (Å²) >= 11 is 0. The predicted molar refractivity (Wildman–Crippen MR) is 85.1 cm³/mol. The molecule has 0 amide bonds. The Morgan fingerprint density at radius 3 is 3.09 bits per heavy atom. The van der Waals surface area contributed by atoms with E-state index >= 15 is 0 Å². The molecule has 2 atom stereocenters. The maximum atomic E-state index is 6.06. The van der Waals surface area contributed by atoms with Crippen molar-refractivity contribution in [2.75, 3.05) is 40.0 Å². The fraction of sp³-hybridized carbons (Fsp3) is 0.556. The molecule has 0 aliphatic carbocycles. The van der Waals surface area contributed by atoms with Crippen LogP contribution in [0.15, 0.2) is 29.8 Å². The Balaban J connectivity index is 1.48. The molecule has 1 spiro atoms. The van der Waals surface area contributed by atoms with Gasteiger partial charge in [0.15, 0.2) is 0 Å². The van der Waals surface area contributed by atoms with E-state index in [4.69, 9.17) is 14.2 Å². The summed E-state index contributed by atoms with van der Waals surface area (Å²) in [5, 5.41) is 0. The number of para-hydroxylation sites is 1. The van der Waals surface area contributed by atoms with Crippen LogP contribution in [0.2, 0.25) is 0 Å². The fourth-order valence-corrected chi connectivity index (χ4v) is 3.99. The molecule has 3 heterocycles. The van der Waals surface area contributed by atoms with Crippen LogP contribution in [0.25, 0.3) is 6.08 Å². The smallest absolute Gasteiger partial charge is 0.127 e. The van der Waals surface area contributed by atoms with Crippen LogP contribution in [0, 0.1) is 0 Å². The van der Waals surface area contributed by atoms with E-state index in [-0.39, 0.29) is 11.7 Å². The normalized spacial score (nSPS) is 31.1. The minimum atomic E-state index is -0.0806. The number of hydrogen-bond donors (Lipinski definition) is 0. The summed E-state index contributed by atoms with van der Waals surface area (Å²) in [4.78, 5) is 2.45. The van der Waals surface area contributed by atoms with Crippen LogP contribution in [-0.4, -0.2) is 56.6 Å². The van der Waals surface area contributed by atoms with Crippen molar-refractivity contribution in [2.45, 2.75) is 24.5 Å².